The van der Waals surface area contributed by atoms with Crippen LogP contribution in [0.5, 0.6) is 0 Å². The molecule has 0 bridgehead atoms. The fourth-order valence-electron chi connectivity index (χ4n) is 3.66. The average molecular weight is 459 g/mol. The smallest absolute Gasteiger partial charge is 0.247 e. The normalized spacial score (nSPS) is 12.8. The Morgan fingerprint density at radius 3 is 2.47 bits per heavy atom. The molecule has 0 saturated heterocycles. The largest absolute Gasteiger partial charge is 0.309 e. The van der Waals surface area contributed by atoms with Crippen LogP contribution in [-0.2, 0) is 11.8 Å². The summed E-state index contributed by atoms with van der Waals surface area (Å²) in [4.78, 5) is 21.5. The summed E-state index contributed by atoms with van der Waals surface area (Å²) in [5.41, 5.74) is 4.61. The number of hydrogen-bond donors (Lipinski definition) is 2. The fourth-order valence-corrected chi connectivity index (χ4v) is 3.66. The number of aryl methyl sites for hydroxylation is 2. The second-order valence-corrected chi connectivity index (χ2v) is 8.41. The SMILES string of the molecule is Cc1ccc([C@H](C)CN[C@H](C(=O)Nc2ccc(-c3cnn(C)c3)cn2)c2cncc(F)c2)cc1. The van der Waals surface area contributed by atoms with Gasteiger partial charge in [-0.2, -0.15) is 5.10 Å². The van der Waals surface area contributed by atoms with Gasteiger partial charge in [0.1, 0.15) is 17.7 Å². The Kier molecular flexibility index (Phi) is 7.08. The zero-order chi connectivity index (χ0) is 24.1. The molecule has 0 fully saturated rings. The molecule has 34 heavy (non-hydrogen) atoms. The lowest BCUT2D eigenvalue weighted by Gasteiger charge is -2.21. The lowest BCUT2D eigenvalue weighted by molar-refractivity contribution is -0.118. The van der Waals surface area contributed by atoms with Gasteiger partial charge in [-0.15, -0.1) is 0 Å². The number of benzene rings is 1. The molecule has 0 aliphatic heterocycles. The highest BCUT2D eigenvalue weighted by atomic mass is 19.1. The van der Waals surface area contributed by atoms with E-state index in [1.54, 1.807) is 23.1 Å². The van der Waals surface area contributed by atoms with Gasteiger partial charge in [0.2, 0.25) is 5.91 Å². The van der Waals surface area contributed by atoms with Crippen LogP contribution in [0.15, 0.2) is 73.4 Å². The zero-order valence-corrected chi connectivity index (χ0v) is 19.4. The standard InChI is InChI=1S/C26H27FN6O/c1-17-4-6-19(7-5-17)18(2)11-30-25(21-10-23(27)15-28-12-21)26(34)32-24-9-8-20(13-29-24)22-14-31-33(3)16-22/h4-10,12-16,18,25,30H,11H2,1-3H3,(H,29,32,34)/t18-,25+/m1/s1. The van der Waals surface area contributed by atoms with Gasteiger partial charge >= 0.3 is 0 Å². The first-order valence-corrected chi connectivity index (χ1v) is 11.1. The van der Waals surface area contributed by atoms with E-state index in [0.717, 1.165) is 22.9 Å². The van der Waals surface area contributed by atoms with Crippen LogP contribution in [0.4, 0.5) is 10.2 Å². The highest BCUT2D eigenvalue weighted by Gasteiger charge is 2.23. The molecule has 2 atom stereocenters. The molecule has 4 rings (SSSR count). The Bertz CT molecular complexity index is 1250. The first-order chi connectivity index (χ1) is 16.4. The molecule has 1 aromatic carbocycles. The number of carbonyl (C=O) groups excluding carboxylic acids is 1. The van der Waals surface area contributed by atoms with Crippen LogP contribution in [0.3, 0.4) is 0 Å². The average Bonchev–Trinajstić information content (AvgIpc) is 3.26. The van der Waals surface area contributed by atoms with E-state index in [4.69, 9.17) is 0 Å². The highest BCUT2D eigenvalue weighted by Crippen LogP contribution is 2.21. The third-order valence-corrected chi connectivity index (χ3v) is 5.65. The van der Waals surface area contributed by atoms with Gasteiger partial charge in [0.05, 0.1) is 12.4 Å². The first kappa shape index (κ1) is 23.3. The van der Waals surface area contributed by atoms with Crippen molar-refractivity contribution in [1.82, 2.24) is 25.1 Å². The monoisotopic (exact) mass is 458 g/mol. The summed E-state index contributed by atoms with van der Waals surface area (Å²) in [7, 11) is 1.85. The molecule has 0 radical (unpaired) electrons. The molecule has 3 aromatic heterocycles. The minimum absolute atomic E-state index is 0.148. The number of rotatable bonds is 8. The molecule has 1 amide bonds. The van der Waals surface area contributed by atoms with E-state index in [1.807, 2.05) is 26.2 Å². The second kappa shape index (κ2) is 10.4. The van der Waals surface area contributed by atoms with E-state index in [-0.39, 0.29) is 11.8 Å². The van der Waals surface area contributed by atoms with Crippen molar-refractivity contribution in [2.75, 3.05) is 11.9 Å². The number of carbonyl (C=O) groups is 1. The van der Waals surface area contributed by atoms with Crippen molar-refractivity contribution < 1.29 is 9.18 Å². The summed E-state index contributed by atoms with van der Waals surface area (Å²) < 4.78 is 15.6. The third kappa shape index (κ3) is 5.71. The van der Waals surface area contributed by atoms with Gasteiger partial charge in [-0.05, 0) is 42.2 Å². The molecule has 0 aliphatic rings. The van der Waals surface area contributed by atoms with Crippen molar-refractivity contribution in [3.63, 3.8) is 0 Å². The van der Waals surface area contributed by atoms with Crippen LogP contribution in [0.1, 0.15) is 35.6 Å². The van der Waals surface area contributed by atoms with Gasteiger partial charge in [0.25, 0.3) is 0 Å². The molecule has 0 saturated carbocycles. The van der Waals surface area contributed by atoms with E-state index >= 15 is 0 Å². The number of hydrogen-bond acceptors (Lipinski definition) is 5. The number of pyridine rings is 2. The molecule has 0 aliphatic carbocycles. The Morgan fingerprint density at radius 2 is 1.82 bits per heavy atom. The minimum atomic E-state index is -0.795. The summed E-state index contributed by atoms with van der Waals surface area (Å²) in [5.74, 6) is -0.289. The molecule has 8 heteroatoms. The van der Waals surface area contributed by atoms with E-state index in [2.05, 4.69) is 56.9 Å². The van der Waals surface area contributed by atoms with Gasteiger partial charge in [0, 0.05) is 43.3 Å². The number of nitrogens with zero attached hydrogens (tertiary/aromatic N) is 4. The van der Waals surface area contributed by atoms with Gasteiger partial charge in [-0.1, -0.05) is 36.8 Å². The number of amides is 1. The Labute approximate surface area is 198 Å². The predicted molar refractivity (Wildman–Crippen MR) is 130 cm³/mol. The Balaban J connectivity index is 1.49. The molecular formula is C26H27FN6O. The van der Waals surface area contributed by atoms with Crippen molar-refractivity contribution >= 4 is 11.7 Å². The maximum atomic E-state index is 13.9. The van der Waals surface area contributed by atoms with Crippen LogP contribution in [0.25, 0.3) is 11.1 Å². The zero-order valence-electron chi connectivity index (χ0n) is 19.4. The molecule has 7 nitrogen and oxygen atoms in total. The molecular weight excluding hydrogens is 431 g/mol. The van der Waals surface area contributed by atoms with Crippen molar-refractivity contribution in [2.45, 2.75) is 25.8 Å². The lowest BCUT2D eigenvalue weighted by atomic mass is 9.99. The molecule has 4 aromatic rings. The number of nitrogens with one attached hydrogen (secondary N) is 2. The predicted octanol–water partition coefficient (Wildman–Crippen LogP) is 4.40. The lowest BCUT2D eigenvalue weighted by Crippen LogP contribution is -2.35. The summed E-state index contributed by atoms with van der Waals surface area (Å²) in [6.45, 7) is 4.64. The van der Waals surface area contributed by atoms with Crippen molar-refractivity contribution in [2.24, 2.45) is 7.05 Å². The van der Waals surface area contributed by atoms with E-state index in [1.165, 1.54) is 17.8 Å². The van der Waals surface area contributed by atoms with Gasteiger partial charge in [-0.25, -0.2) is 9.37 Å². The Hall–Kier alpha value is -3.91. The fraction of sp³-hybridized carbons (Fsp3) is 0.231. The van der Waals surface area contributed by atoms with Gasteiger partial charge < -0.3 is 10.6 Å². The third-order valence-electron chi connectivity index (χ3n) is 5.65. The topological polar surface area (TPSA) is 84.7 Å². The van der Waals surface area contributed by atoms with E-state index < -0.39 is 11.9 Å². The number of halogens is 1. The second-order valence-electron chi connectivity index (χ2n) is 8.41. The highest BCUT2D eigenvalue weighted by molar-refractivity contribution is 5.94. The summed E-state index contributed by atoms with van der Waals surface area (Å²) in [6, 6.07) is 12.4. The van der Waals surface area contributed by atoms with E-state index in [0.29, 0.717) is 17.9 Å². The summed E-state index contributed by atoms with van der Waals surface area (Å²) >= 11 is 0. The van der Waals surface area contributed by atoms with Crippen LogP contribution in [0.2, 0.25) is 0 Å². The quantitative estimate of drug-likeness (QED) is 0.409. The van der Waals surface area contributed by atoms with Crippen LogP contribution < -0.4 is 10.6 Å². The summed E-state index contributed by atoms with van der Waals surface area (Å²) in [5, 5.41) is 10.3. The molecule has 3 heterocycles. The Morgan fingerprint density at radius 1 is 1.03 bits per heavy atom. The summed E-state index contributed by atoms with van der Waals surface area (Å²) in [6.07, 6.45) is 7.93. The number of anilines is 1. The maximum Gasteiger partial charge on any atom is 0.247 e. The minimum Gasteiger partial charge on any atom is -0.309 e. The molecule has 174 valence electrons. The van der Waals surface area contributed by atoms with Gasteiger partial charge in [0.15, 0.2) is 0 Å². The maximum absolute atomic E-state index is 13.9. The molecule has 2 N–H and O–H groups in total. The first-order valence-electron chi connectivity index (χ1n) is 11.1. The van der Waals surface area contributed by atoms with Crippen molar-refractivity contribution in [3.8, 4) is 11.1 Å². The molecule has 0 spiro atoms. The number of aromatic nitrogens is 4. The van der Waals surface area contributed by atoms with Crippen LogP contribution >= 0.6 is 0 Å². The van der Waals surface area contributed by atoms with Crippen LogP contribution in [-0.4, -0.2) is 32.2 Å². The van der Waals surface area contributed by atoms with Crippen molar-refractivity contribution in [3.05, 3.63) is 96.0 Å². The molecule has 0 unspecified atom stereocenters. The van der Waals surface area contributed by atoms with Crippen molar-refractivity contribution in [1.29, 1.82) is 0 Å². The van der Waals surface area contributed by atoms with Crippen LogP contribution in [0, 0.1) is 12.7 Å². The van der Waals surface area contributed by atoms with Gasteiger partial charge in [-0.3, -0.25) is 14.5 Å². The van der Waals surface area contributed by atoms with E-state index in [9.17, 15) is 9.18 Å².